The fourth-order valence-electron chi connectivity index (χ4n) is 2.68. The predicted octanol–water partition coefficient (Wildman–Crippen LogP) is 3.90. The molecule has 0 bridgehead atoms. The van der Waals surface area contributed by atoms with Gasteiger partial charge in [-0.25, -0.2) is 0 Å². The van der Waals surface area contributed by atoms with E-state index in [2.05, 4.69) is 16.0 Å². The molecular weight excluding hydrogens is 308 g/mol. The molecule has 0 saturated heterocycles. The van der Waals surface area contributed by atoms with Crippen LogP contribution in [0, 0.1) is 0 Å². The molecule has 1 amide bonds. The van der Waals surface area contributed by atoms with E-state index in [0.717, 1.165) is 21.5 Å². The molecule has 0 unspecified atom stereocenters. The smallest absolute Gasteiger partial charge is 0.268 e. The van der Waals surface area contributed by atoms with Gasteiger partial charge in [0, 0.05) is 11.6 Å². The highest BCUT2D eigenvalue weighted by Crippen LogP contribution is 2.28. The van der Waals surface area contributed by atoms with Crippen LogP contribution < -0.4 is 10.1 Å². The van der Waals surface area contributed by atoms with Gasteiger partial charge in [-0.2, -0.15) is 0 Å². The fourth-order valence-corrected chi connectivity index (χ4v) is 3.50. The molecule has 2 aromatic heterocycles. The zero-order valence-electron chi connectivity index (χ0n) is 13.5. The zero-order chi connectivity index (χ0) is 16.4. The van der Waals surface area contributed by atoms with Gasteiger partial charge in [-0.15, -0.1) is 11.3 Å². The SMILES string of the molecule is COc1ccccc1Cn1c(C(=O)NC(C)C)cc2sccc21. The van der Waals surface area contributed by atoms with E-state index in [1.54, 1.807) is 18.4 Å². The molecule has 1 N–H and O–H groups in total. The van der Waals surface area contributed by atoms with Gasteiger partial charge in [-0.1, -0.05) is 18.2 Å². The van der Waals surface area contributed by atoms with E-state index in [-0.39, 0.29) is 11.9 Å². The number of thiophene rings is 1. The quantitative estimate of drug-likeness (QED) is 0.772. The summed E-state index contributed by atoms with van der Waals surface area (Å²) in [5.74, 6) is 0.790. The first-order valence-electron chi connectivity index (χ1n) is 7.59. The monoisotopic (exact) mass is 328 g/mol. The third kappa shape index (κ3) is 3.10. The second-order valence-electron chi connectivity index (χ2n) is 5.73. The third-order valence-corrected chi connectivity index (χ3v) is 4.55. The van der Waals surface area contributed by atoms with E-state index in [9.17, 15) is 4.79 Å². The molecule has 2 heterocycles. The third-order valence-electron chi connectivity index (χ3n) is 3.70. The highest BCUT2D eigenvalue weighted by atomic mass is 32.1. The molecule has 0 aliphatic rings. The number of nitrogens with one attached hydrogen (secondary N) is 1. The predicted molar refractivity (Wildman–Crippen MR) is 94.5 cm³/mol. The number of carbonyl (C=O) groups excluding carboxylic acids is 1. The van der Waals surface area contributed by atoms with Crippen LogP contribution >= 0.6 is 11.3 Å². The van der Waals surface area contributed by atoms with Crippen LogP contribution in [0.5, 0.6) is 5.75 Å². The molecule has 120 valence electrons. The van der Waals surface area contributed by atoms with E-state index in [1.165, 1.54) is 0 Å². The summed E-state index contributed by atoms with van der Waals surface area (Å²) >= 11 is 1.65. The molecule has 3 aromatic rings. The van der Waals surface area contributed by atoms with Crippen molar-refractivity contribution in [3.8, 4) is 5.75 Å². The van der Waals surface area contributed by atoms with Crippen molar-refractivity contribution in [1.82, 2.24) is 9.88 Å². The average Bonchev–Trinajstić information content (AvgIpc) is 3.09. The summed E-state index contributed by atoms with van der Waals surface area (Å²) in [4.78, 5) is 12.5. The number of rotatable bonds is 5. The Balaban J connectivity index is 2.04. The van der Waals surface area contributed by atoms with Crippen molar-refractivity contribution in [2.24, 2.45) is 0 Å². The van der Waals surface area contributed by atoms with Crippen molar-refractivity contribution in [1.29, 1.82) is 0 Å². The van der Waals surface area contributed by atoms with Gasteiger partial charge in [0.25, 0.3) is 5.91 Å². The maximum Gasteiger partial charge on any atom is 0.268 e. The Bertz CT molecular complexity index is 833. The molecular formula is C18H20N2O2S. The molecule has 0 saturated carbocycles. The number of aromatic nitrogens is 1. The molecule has 23 heavy (non-hydrogen) atoms. The number of nitrogens with zero attached hydrogens (tertiary/aromatic N) is 1. The molecule has 0 fully saturated rings. The first-order chi connectivity index (χ1) is 11.1. The fraction of sp³-hybridized carbons (Fsp3) is 0.278. The largest absolute Gasteiger partial charge is 0.496 e. The number of benzene rings is 1. The van der Waals surface area contributed by atoms with Crippen molar-refractivity contribution >= 4 is 27.5 Å². The molecule has 0 aliphatic heterocycles. The number of hydrogen-bond donors (Lipinski definition) is 1. The van der Waals surface area contributed by atoms with Crippen molar-refractivity contribution < 1.29 is 9.53 Å². The Hall–Kier alpha value is -2.27. The Morgan fingerprint density at radius 3 is 2.83 bits per heavy atom. The molecule has 3 rings (SSSR count). The topological polar surface area (TPSA) is 43.3 Å². The van der Waals surface area contributed by atoms with E-state index >= 15 is 0 Å². The summed E-state index contributed by atoms with van der Waals surface area (Å²) in [7, 11) is 1.67. The van der Waals surface area contributed by atoms with Gasteiger partial charge >= 0.3 is 0 Å². The van der Waals surface area contributed by atoms with Crippen molar-refractivity contribution in [2.45, 2.75) is 26.4 Å². The van der Waals surface area contributed by atoms with Crippen LogP contribution in [0.3, 0.4) is 0 Å². The zero-order valence-corrected chi connectivity index (χ0v) is 14.3. The molecule has 0 atom stereocenters. The second kappa shape index (κ2) is 6.46. The second-order valence-corrected chi connectivity index (χ2v) is 6.67. The number of ether oxygens (including phenoxy) is 1. The van der Waals surface area contributed by atoms with Crippen LogP contribution in [0.25, 0.3) is 10.2 Å². The number of carbonyl (C=O) groups is 1. The highest BCUT2D eigenvalue weighted by Gasteiger charge is 2.18. The van der Waals surface area contributed by atoms with Gasteiger partial charge in [0.15, 0.2) is 0 Å². The van der Waals surface area contributed by atoms with Crippen LogP contribution in [-0.2, 0) is 6.54 Å². The summed E-state index contributed by atoms with van der Waals surface area (Å²) in [5.41, 5.74) is 2.82. The van der Waals surface area contributed by atoms with E-state index < -0.39 is 0 Å². The lowest BCUT2D eigenvalue weighted by Gasteiger charge is -2.14. The Kier molecular flexibility index (Phi) is 4.39. The average molecular weight is 328 g/mol. The lowest BCUT2D eigenvalue weighted by Crippen LogP contribution is -2.31. The van der Waals surface area contributed by atoms with E-state index in [0.29, 0.717) is 12.2 Å². The van der Waals surface area contributed by atoms with Crippen molar-refractivity contribution in [2.75, 3.05) is 7.11 Å². The minimum atomic E-state index is -0.0432. The summed E-state index contributed by atoms with van der Waals surface area (Å²) in [6.45, 7) is 4.53. The van der Waals surface area contributed by atoms with Crippen LogP contribution in [0.15, 0.2) is 41.8 Å². The van der Waals surface area contributed by atoms with Crippen molar-refractivity contribution in [3.63, 3.8) is 0 Å². The normalized spacial score (nSPS) is 11.1. The van der Waals surface area contributed by atoms with Gasteiger partial charge in [-0.3, -0.25) is 4.79 Å². The number of fused-ring (bicyclic) bond motifs is 1. The lowest BCUT2D eigenvalue weighted by atomic mass is 10.2. The summed E-state index contributed by atoms with van der Waals surface area (Å²) < 4.78 is 8.62. The van der Waals surface area contributed by atoms with Gasteiger partial charge in [-0.05, 0) is 37.4 Å². The highest BCUT2D eigenvalue weighted by molar-refractivity contribution is 7.17. The molecule has 1 aromatic carbocycles. The van der Waals surface area contributed by atoms with Crippen LogP contribution in [0.2, 0.25) is 0 Å². The summed E-state index contributed by atoms with van der Waals surface area (Å²) in [5, 5.41) is 5.03. The van der Waals surface area contributed by atoms with Crippen LogP contribution in [-0.4, -0.2) is 23.6 Å². The molecule has 4 nitrogen and oxygen atoms in total. The first-order valence-corrected chi connectivity index (χ1v) is 8.47. The Labute approximate surface area is 139 Å². The maximum atomic E-state index is 12.5. The standard InChI is InChI=1S/C18H20N2O2S/c1-12(2)19-18(21)15-10-17-14(8-9-23-17)20(15)11-13-6-4-5-7-16(13)22-3/h4-10,12H,11H2,1-3H3,(H,19,21). The molecule has 0 radical (unpaired) electrons. The van der Waals surface area contributed by atoms with Crippen molar-refractivity contribution in [3.05, 3.63) is 53.0 Å². The minimum absolute atomic E-state index is 0.0432. The first kappa shape index (κ1) is 15.6. The van der Waals surface area contributed by atoms with Gasteiger partial charge < -0.3 is 14.6 Å². The van der Waals surface area contributed by atoms with Gasteiger partial charge in [0.2, 0.25) is 0 Å². The number of hydrogen-bond acceptors (Lipinski definition) is 3. The molecule has 5 heteroatoms. The molecule has 0 spiro atoms. The van der Waals surface area contributed by atoms with E-state index in [1.807, 2.05) is 49.6 Å². The summed E-state index contributed by atoms with van der Waals surface area (Å²) in [6.07, 6.45) is 0. The Morgan fingerprint density at radius 2 is 2.09 bits per heavy atom. The number of amides is 1. The maximum absolute atomic E-state index is 12.5. The lowest BCUT2D eigenvalue weighted by molar-refractivity contribution is 0.0934. The van der Waals surface area contributed by atoms with Crippen LogP contribution in [0.4, 0.5) is 0 Å². The summed E-state index contributed by atoms with van der Waals surface area (Å²) in [6, 6.07) is 12.0. The van der Waals surface area contributed by atoms with Gasteiger partial charge in [0.05, 0.1) is 23.9 Å². The van der Waals surface area contributed by atoms with E-state index in [4.69, 9.17) is 4.74 Å². The van der Waals surface area contributed by atoms with Crippen LogP contribution in [0.1, 0.15) is 29.9 Å². The van der Waals surface area contributed by atoms with Gasteiger partial charge in [0.1, 0.15) is 11.4 Å². The molecule has 0 aliphatic carbocycles. The number of methoxy groups -OCH3 is 1. The number of para-hydroxylation sites is 1. The minimum Gasteiger partial charge on any atom is -0.496 e. The Morgan fingerprint density at radius 1 is 1.30 bits per heavy atom.